The molecule has 9 nitrogen and oxygen atoms in total. The molecule has 0 spiro atoms. The number of benzene rings is 2. The highest BCUT2D eigenvalue weighted by Gasteiger charge is 2.20. The number of rotatable bonds is 5. The smallest absolute Gasteiger partial charge is 0.333 e. The molecule has 2 N–H and O–H groups in total. The summed E-state index contributed by atoms with van der Waals surface area (Å²) in [5, 5.41) is 2.95. The van der Waals surface area contributed by atoms with Crippen LogP contribution in [0.5, 0.6) is 0 Å². The van der Waals surface area contributed by atoms with Crippen molar-refractivity contribution < 1.29 is 13.2 Å². The van der Waals surface area contributed by atoms with Crippen molar-refractivity contribution in [2.24, 2.45) is 0 Å². The fourth-order valence-corrected chi connectivity index (χ4v) is 5.72. The van der Waals surface area contributed by atoms with Crippen molar-refractivity contribution in [3.63, 3.8) is 0 Å². The first kappa shape index (κ1) is 23.7. The first-order chi connectivity index (χ1) is 16.0. The summed E-state index contributed by atoms with van der Waals surface area (Å²) in [5.41, 5.74) is 2.23. The Hall–Kier alpha value is -3.41. The Balaban J connectivity index is 1.56. The van der Waals surface area contributed by atoms with Gasteiger partial charge in [-0.05, 0) is 61.5 Å². The van der Waals surface area contributed by atoms with E-state index in [9.17, 15) is 18.0 Å². The summed E-state index contributed by atoms with van der Waals surface area (Å²) in [7, 11) is -0.205. The third kappa shape index (κ3) is 4.76. The summed E-state index contributed by atoms with van der Waals surface area (Å²) in [5.74, 6) is 0.507. The first-order valence-corrected chi connectivity index (χ1v) is 12.6. The van der Waals surface area contributed by atoms with E-state index in [1.54, 1.807) is 37.3 Å². The van der Waals surface area contributed by atoms with E-state index in [-0.39, 0.29) is 9.77 Å². The lowest BCUT2D eigenvalue weighted by Gasteiger charge is -2.15. The molecule has 12 heteroatoms. The van der Waals surface area contributed by atoms with Gasteiger partial charge >= 0.3 is 6.03 Å². The molecule has 0 unspecified atom stereocenters. The van der Waals surface area contributed by atoms with Crippen molar-refractivity contribution in [1.29, 1.82) is 0 Å². The molecule has 2 amide bonds. The molecule has 0 aliphatic carbocycles. The minimum Gasteiger partial charge on any atom is -0.378 e. The number of thiophene rings is 1. The molecule has 34 heavy (non-hydrogen) atoms. The van der Waals surface area contributed by atoms with Gasteiger partial charge in [-0.15, -0.1) is 11.3 Å². The van der Waals surface area contributed by atoms with Gasteiger partial charge in [0.25, 0.3) is 15.6 Å². The van der Waals surface area contributed by atoms with E-state index in [4.69, 9.17) is 11.6 Å². The summed E-state index contributed by atoms with van der Waals surface area (Å²) in [4.78, 5) is 31.9. The highest BCUT2D eigenvalue weighted by molar-refractivity contribution is 7.92. The van der Waals surface area contributed by atoms with E-state index in [1.165, 1.54) is 16.7 Å². The second kappa shape index (κ2) is 9.09. The number of amides is 2. The molecule has 176 valence electrons. The average molecular weight is 518 g/mol. The molecule has 0 bridgehead atoms. The SMILES string of the molecule is Cc1nc2cc(N(C)C)ccc2c(=O)n1-c1ccc(NC(=O)NS(=O)(=O)c2ccc(Cl)s2)cc1. The minimum absolute atomic E-state index is 0.0700. The Morgan fingerprint density at radius 1 is 1.09 bits per heavy atom. The van der Waals surface area contributed by atoms with Crippen LogP contribution in [0.1, 0.15) is 5.82 Å². The summed E-state index contributed by atoms with van der Waals surface area (Å²) in [6, 6.07) is 13.7. The van der Waals surface area contributed by atoms with Crippen LogP contribution in [0.15, 0.2) is 63.6 Å². The fraction of sp³-hybridized carbons (Fsp3) is 0.136. The molecular weight excluding hydrogens is 498 g/mol. The van der Waals surface area contributed by atoms with Crippen LogP contribution in [0.3, 0.4) is 0 Å². The minimum atomic E-state index is -4.04. The summed E-state index contributed by atoms with van der Waals surface area (Å²) in [6.45, 7) is 1.74. The summed E-state index contributed by atoms with van der Waals surface area (Å²) >= 11 is 6.61. The van der Waals surface area contributed by atoms with Gasteiger partial charge in [-0.25, -0.2) is 22.9 Å². The average Bonchev–Trinajstić information content (AvgIpc) is 3.21. The van der Waals surface area contributed by atoms with Gasteiger partial charge in [-0.3, -0.25) is 9.36 Å². The molecule has 0 radical (unpaired) electrons. The molecule has 0 saturated heterocycles. The van der Waals surface area contributed by atoms with Gasteiger partial charge in [0.2, 0.25) is 0 Å². The van der Waals surface area contributed by atoms with E-state index in [2.05, 4.69) is 10.3 Å². The largest absolute Gasteiger partial charge is 0.378 e. The van der Waals surface area contributed by atoms with Gasteiger partial charge in [-0.1, -0.05) is 11.6 Å². The Morgan fingerprint density at radius 2 is 1.79 bits per heavy atom. The third-order valence-corrected chi connectivity index (χ3v) is 8.01. The number of carbonyl (C=O) groups excluding carboxylic acids is 1. The molecule has 2 aromatic heterocycles. The Morgan fingerprint density at radius 3 is 2.41 bits per heavy atom. The standard InChI is InChI=1S/C22H20ClN5O4S2/c1-13-24-18-12-16(27(2)3)8-9-17(18)21(29)28(13)15-6-4-14(5-7-15)25-22(30)26-34(31,32)20-11-10-19(23)33-20/h4-12H,1-3H3,(H2,25,26,30). The molecule has 2 aromatic carbocycles. The topological polar surface area (TPSA) is 113 Å². The number of nitrogens with one attached hydrogen (secondary N) is 2. The van der Waals surface area contributed by atoms with E-state index in [0.717, 1.165) is 17.0 Å². The predicted octanol–water partition coefficient (Wildman–Crippen LogP) is 3.99. The Bertz CT molecular complexity index is 1560. The predicted molar refractivity (Wildman–Crippen MR) is 135 cm³/mol. The molecule has 4 rings (SSSR count). The van der Waals surface area contributed by atoms with Crippen molar-refractivity contribution in [3.05, 3.63) is 75.1 Å². The van der Waals surface area contributed by atoms with Gasteiger partial charge < -0.3 is 10.2 Å². The number of anilines is 2. The molecular formula is C22H20ClN5O4S2. The second-order valence-corrected chi connectivity index (χ2v) is 11.2. The number of nitrogens with zero attached hydrogens (tertiary/aromatic N) is 3. The zero-order valence-electron chi connectivity index (χ0n) is 18.4. The summed E-state index contributed by atoms with van der Waals surface area (Å²) in [6.07, 6.45) is 0. The van der Waals surface area contributed by atoms with Crippen LogP contribution in [-0.4, -0.2) is 38.1 Å². The second-order valence-electron chi connectivity index (χ2n) is 7.56. The lowest BCUT2D eigenvalue weighted by molar-refractivity contribution is 0.256. The van der Waals surface area contributed by atoms with Crippen LogP contribution < -0.4 is 20.5 Å². The number of sulfonamides is 1. The highest BCUT2D eigenvalue weighted by Crippen LogP contribution is 2.25. The quantitative estimate of drug-likeness (QED) is 0.414. The number of hydrogen-bond donors (Lipinski definition) is 2. The maximum Gasteiger partial charge on any atom is 0.333 e. The van der Waals surface area contributed by atoms with Crippen molar-refractivity contribution in [3.8, 4) is 5.69 Å². The molecule has 4 aromatic rings. The summed E-state index contributed by atoms with van der Waals surface area (Å²) < 4.78 is 28.2. The molecule has 2 heterocycles. The number of urea groups is 1. The van der Waals surface area contributed by atoms with Gasteiger partial charge in [0.05, 0.1) is 20.9 Å². The van der Waals surface area contributed by atoms with Gasteiger partial charge in [0, 0.05) is 25.5 Å². The monoisotopic (exact) mass is 517 g/mol. The van der Waals surface area contributed by atoms with E-state index >= 15 is 0 Å². The molecule has 0 aliphatic heterocycles. The molecule has 0 fully saturated rings. The van der Waals surface area contributed by atoms with Gasteiger partial charge in [0.1, 0.15) is 10.0 Å². The third-order valence-electron chi connectivity index (χ3n) is 4.96. The molecule has 0 atom stereocenters. The number of aryl methyl sites for hydroxylation is 1. The Kier molecular flexibility index (Phi) is 6.34. The number of halogens is 1. The normalized spacial score (nSPS) is 11.4. The lowest BCUT2D eigenvalue weighted by atomic mass is 10.2. The van der Waals surface area contributed by atoms with Crippen molar-refractivity contribution in [2.45, 2.75) is 11.1 Å². The van der Waals surface area contributed by atoms with Crippen LogP contribution in [-0.2, 0) is 10.0 Å². The molecule has 0 saturated carbocycles. The van der Waals surface area contributed by atoms with Crippen molar-refractivity contribution in [2.75, 3.05) is 24.3 Å². The number of fused-ring (bicyclic) bond motifs is 1. The first-order valence-electron chi connectivity index (χ1n) is 9.95. The van der Waals surface area contributed by atoms with Crippen LogP contribution >= 0.6 is 22.9 Å². The van der Waals surface area contributed by atoms with E-state index < -0.39 is 16.1 Å². The van der Waals surface area contributed by atoms with Crippen LogP contribution in [0, 0.1) is 6.92 Å². The van der Waals surface area contributed by atoms with E-state index in [1.807, 2.05) is 35.9 Å². The Labute approximate surface area is 204 Å². The number of aromatic nitrogens is 2. The molecule has 0 aliphatic rings. The zero-order valence-corrected chi connectivity index (χ0v) is 20.8. The van der Waals surface area contributed by atoms with Crippen molar-refractivity contribution in [1.82, 2.24) is 14.3 Å². The van der Waals surface area contributed by atoms with Gasteiger partial charge in [0.15, 0.2) is 0 Å². The highest BCUT2D eigenvalue weighted by atomic mass is 35.5. The maximum atomic E-state index is 13.1. The van der Waals surface area contributed by atoms with Crippen molar-refractivity contribution >= 4 is 61.3 Å². The van der Waals surface area contributed by atoms with E-state index in [0.29, 0.717) is 32.4 Å². The number of carbonyl (C=O) groups is 1. The lowest BCUT2D eigenvalue weighted by Crippen LogP contribution is -2.33. The van der Waals surface area contributed by atoms with Gasteiger partial charge in [-0.2, -0.15) is 0 Å². The van der Waals surface area contributed by atoms with Crippen LogP contribution in [0.2, 0.25) is 4.34 Å². The van der Waals surface area contributed by atoms with Crippen LogP contribution in [0.4, 0.5) is 16.2 Å². The number of hydrogen-bond acceptors (Lipinski definition) is 7. The maximum absolute atomic E-state index is 13.1. The zero-order chi connectivity index (χ0) is 24.6. The van der Waals surface area contributed by atoms with Crippen LogP contribution in [0.25, 0.3) is 16.6 Å². The fourth-order valence-electron chi connectivity index (χ4n) is 3.33.